The minimum absolute atomic E-state index is 0.0237. The topological polar surface area (TPSA) is 127 Å². The molecule has 0 aliphatic carbocycles. The molecule has 0 spiro atoms. The molecule has 0 radical (unpaired) electrons. The number of anilines is 2. The highest BCUT2D eigenvalue weighted by molar-refractivity contribution is 6.29. The van der Waals surface area contributed by atoms with E-state index < -0.39 is 16.6 Å². The Hall–Kier alpha value is -2.91. The lowest BCUT2D eigenvalue weighted by Crippen LogP contribution is -2.59. The van der Waals surface area contributed by atoms with Gasteiger partial charge in [0.05, 0.1) is 18.1 Å². The third kappa shape index (κ3) is 3.47. The number of halogens is 1. The van der Waals surface area contributed by atoms with Gasteiger partial charge >= 0.3 is 11.8 Å². The average molecular weight is 365 g/mol. The first kappa shape index (κ1) is 16.9. The average Bonchev–Trinajstić information content (AvgIpc) is 2.51. The smallest absolute Gasteiger partial charge is 0.405 e. The number of carboxylic acid groups (broad SMARTS) is 1. The van der Waals surface area contributed by atoms with Gasteiger partial charge in [-0.2, -0.15) is 0 Å². The van der Waals surface area contributed by atoms with E-state index in [9.17, 15) is 14.9 Å². The molecule has 0 unspecified atom stereocenters. The van der Waals surface area contributed by atoms with Gasteiger partial charge in [-0.05, 0) is 23.8 Å². The van der Waals surface area contributed by atoms with Crippen molar-refractivity contribution in [1.82, 2.24) is 10.3 Å². The zero-order valence-electron chi connectivity index (χ0n) is 12.7. The predicted octanol–water partition coefficient (Wildman–Crippen LogP) is 2.88. The van der Waals surface area contributed by atoms with Crippen molar-refractivity contribution in [2.45, 2.75) is 5.54 Å². The predicted molar refractivity (Wildman–Crippen MR) is 89.3 cm³/mol. The van der Waals surface area contributed by atoms with Gasteiger partial charge in [-0.1, -0.05) is 23.7 Å². The van der Waals surface area contributed by atoms with E-state index in [1.807, 2.05) is 0 Å². The molecular weight excluding hydrogens is 352 g/mol. The Balaban J connectivity index is 1.83. The fraction of sp³-hybridized carbons (Fsp3) is 0.200. The molecule has 3 rings (SSSR count). The van der Waals surface area contributed by atoms with Crippen molar-refractivity contribution in [3.8, 4) is 0 Å². The Kier molecular flexibility index (Phi) is 4.43. The Labute approximate surface area is 146 Å². The number of rotatable bonds is 5. The van der Waals surface area contributed by atoms with Crippen LogP contribution in [0.4, 0.5) is 22.0 Å². The Morgan fingerprint density at radius 3 is 2.48 bits per heavy atom. The zero-order chi connectivity index (χ0) is 18.0. The fourth-order valence-corrected chi connectivity index (χ4v) is 2.65. The van der Waals surface area contributed by atoms with Gasteiger partial charge in [0.15, 0.2) is 0 Å². The number of nitro groups is 1. The van der Waals surface area contributed by atoms with Crippen LogP contribution in [-0.2, 0) is 10.3 Å². The number of amides is 1. The molecule has 25 heavy (non-hydrogen) atoms. The molecule has 0 saturated carbocycles. The first-order valence-electron chi connectivity index (χ1n) is 7.17. The molecule has 1 aromatic carbocycles. The molecule has 1 aliphatic rings. The van der Waals surface area contributed by atoms with Crippen LogP contribution in [0.1, 0.15) is 5.56 Å². The summed E-state index contributed by atoms with van der Waals surface area (Å²) in [6, 6.07) is 9.39. The Morgan fingerprint density at radius 2 is 1.96 bits per heavy atom. The largest absolute Gasteiger partial charge is 0.465 e. The Bertz CT molecular complexity index is 823. The zero-order valence-corrected chi connectivity index (χ0v) is 13.5. The second kappa shape index (κ2) is 6.54. The summed E-state index contributed by atoms with van der Waals surface area (Å²) in [7, 11) is 0. The van der Waals surface area contributed by atoms with Crippen LogP contribution < -0.4 is 10.6 Å². The molecule has 1 amide bonds. The molecule has 1 aliphatic heterocycles. The number of benzene rings is 1. The van der Waals surface area contributed by atoms with Gasteiger partial charge in [-0.3, -0.25) is 10.1 Å². The summed E-state index contributed by atoms with van der Waals surface area (Å²) in [6.07, 6.45) is -1.13. The third-order valence-corrected chi connectivity index (χ3v) is 3.99. The molecular formula is C15H13ClN4O5. The van der Waals surface area contributed by atoms with Crippen molar-refractivity contribution >= 4 is 34.9 Å². The van der Waals surface area contributed by atoms with Crippen molar-refractivity contribution in [1.29, 1.82) is 0 Å². The van der Waals surface area contributed by atoms with Crippen LogP contribution in [0, 0.1) is 10.1 Å². The third-order valence-electron chi connectivity index (χ3n) is 3.78. The monoisotopic (exact) mass is 364 g/mol. The van der Waals surface area contributed by atoms with Crippen LogP contribution in [0.5, 0.6) is 0 Å². The summed E-state index contributed by atoms with van der Waals surface area (Å²) in [5.41, 5.74) is 0.308. The molecule has 9 nitrogen and oxygen atoms in total. The summed E-state index contributed by atoms with van der Waals surface area (Å²) in [6.45, 7) is 0.487. The van der Waals surface area contributed by atoms with E-state index in [0.29, 0.717) is 5.69 Å². The van der Waals surface area contributed by atoms with Crippen LogP contribution in [0.2, 0.25) is 5.15 Å². The quantitative estimate of drug-likeness (QED) is 0.423. The lowest BCUT2D eigenvalue weighted by molar-refractivity contribution is -0.384. The second-order valence-electron chi connectivity index (χ2n) is 5.47. The van der Waals surface area contributed by atoms with Gasteiger partial charge in [-0.15, -0.1) is 0 Å². The number of pyridine rings is 1. The van der Waals surface area contributed by atoms with Crippen molar-refractivity contribution in [3.05, 3.63) is 57.2 Å². The van der Waals surface area contributed by atoms with E-state index in [2.05, 4.69) is 15.6 Å². The van der Waals surface area contributed by atoms with E-state index in [-0.39, 0.29) is 29.9 Å². The van der Waals surface area contributed by atoms with Gasteiger partial charge in [0.1, 0.15) is 10.7 Å². The highest BCUT2D eigenvalue weighted by Crippen LogP contribution is 2.32. The number of hydrogen-bond donors (Lipinski definition) is 3. The summed E-state index contributed by atoms with van der Waals surface area (Å²) >= 11 is 5.80. The van der Waals surface area contributed by atoms with Crippen LogP contribution in [-0.4, -0.2) is 34.3 Å². The minimum Gasteiger partial charge on any atom is -0.465 e. The molecule has 1 saturated heterocycles. The molecule has 2 heterocycles. The van der Waals surface area contributed by atoms with E-state index in [1.165, 1.54) is 12.1 Å². The van der Waals surface area contributed by atoms with Gasteiger partial charge in [0.25, 0.3) is 0 Å². The molecule has 1 aromatic heterocycles. The number of hydrogen-bond acceptors (Lipinski definition) is 6. The summed E-state index contributed by atoms with van der Waals surface area (Å²) < 4.78 is 5.13. The van der Waals surface area contributed by atoms with Gasteiger partial charge < -0.3 is 20.5 Å². The standard InChI is InChI=1S/C15H13ClN4O5/c16-12-6-5-11(20(23)24)13(18-12)17-10-3-1-9(2-4-10)15(7-25-8-15)19-14(21)22/h1-6,19H,7-8H2,(H,17,18)(H,21,22). The molecule has 2 aromatic rings. The maximum atomic E-state index is 11.1. The second-order valence-corrected chi connectivity index (χ2v) is 5.85. The number of nitrogens with zero attached hydrogens (tertiary/aromatic N) is 2. The number of aromatic nitrogens is 1. The van der Waals surface area contributed by atoms with Crippen molar-refractivity contribution in [2.75, 3.05) is 18.5 Å². The molecule has 130 valence electrons. The lowest BCUT2D eigenvalue weighted by atomic mass is 9.88. The normalized spacial score (nSPS) is 15.1. The minimum atomic E-state index is -1.13. The molecule has 10 heteroatoms. The van der Waals surface area contributed by atoms with Crippen molar-refractivity contribution < 1.29 is 19.6 Å². The highest BCUT2D eigenvalue weighted by atomic mass is 35.5. The van der Waals surface area contributed by atoms with Crippen LogP contribution >= 0.6 is 11.6 Å². The van der Waals surface area contributed by atoms with E-state index in [4.69, 9.17) is 21.4 Å². The van der Waals surface area contributed by atoms with E-state index in [1.54, 1.807) is 24.3 Å². The van der Waals surface area contributed by atoms with Gasteiger partial charge in [0.2, 0.25) is 5.82 Å². The molecule has 0 atom stereocenters. The van der Waals surface area contributed by atoms with Crippen molar-refractivity contribution in [3.63, 3.8) is 0 Å². The maximum absolute atomic E-state index is 11.1. The number of carbonyl (C=O) groups is 1. The van der Waals surface area contributed by atoms with Crippen LogP contribution in [0.3, 0.4) is 0 Å². The maximum Gasteiger partial charge on any atom is 0.405 e. The molecule has 1 fully saturated rings. The first-order valence-corrected chi connectivity index (χ1v) is 7.55. The summed E-state index contributed by atoms with van der Waals surface area (Å²) in [4.78, 5) is 25.4. The molecule has 3 N–H and O–H groups in total. The number of nitrogens with one attached hydrogen (secondary N) is 2. The fourth-order valence-electron chi connectivity index (χ4n) is 2.50. The number of ether oxygens (including phenoxy) is 1. The highest BCUT2D eigenvalue weighted by Gasteiger charge is 2.41. The lowest BCUT2D eigenvalue weighted by Gasteiger charge is -2.41. The van der Waals surface area contributed by atoms with Gasteiger partial charge in [0, 0.05) is 11.8 Å². The van der Waals surface area contributed by atoms with Crippen LogP contribution in [0.25, 0.3) is 0 Å². The summed E-state index contributed by atoms with van der Waals surface area (Å²) in [5, 5.41) is 25.5. The first-order chi connectivity index (χ1) is 11.9. The SMILES string of the molecule is O=C(O)NC1(c2ccc(Nc3nc(Cl)ccc3[N+](=O)[O-])cc2)COC1. The van der Waals surface area contributed by atoms with E-state index >= 15 is 0 Å². The van der Waals surface area contributed by atoms with Crippen LogP contribution in [0.15, 0.2) is 36.4 Å². The Morgan fingerprint density at radius 1 is 1.28 bits per heavy atom. The van der Waals surface area contributed by atoms with E-state index in [0.717, 1.165) is 5.56 Å². The summed E-state index contributed by atoms with van der Waals surface area (Å²) in [5.74, 6) is 0.0237. The van der Waals surface area contributed by atoms with Gasteiger partial charge in [-0.25, -0.2) is 9.78 Å². The molecule has 0 bridgehead atoms. The van der Waals surface area contributed by atoms with Crippen molar-refractivity contribution in [2.24, 2.45) is 0 Å².